The molecular weight excluding hydrogens is 837 g/mol. The van der Waals surface area contributed by atoms with Crippen LogP contribution in [0.1, 0.15) is 171 Å². The molecule has 9 nitrogen and oxygen atoms in total. The van der Waals surface area contributed by atoms with Crippen molar-refractivity contribution in [2.75, 3.05) is 7.11 Å². The molecule has 0 N–H and O–H groups in total. The summed E-state index contributed by atoms with van der Waals surface area (Å²) in [7, 11) is 1.60. The van der Waals surface area contributed by atoms with Crippen molar-refractivity contribution >= 4 is 51.8 Å². The van der Waals surface area contributed by atoms with Gasteiger partial charge in [-0.3, -0.25) is 28.8 Å². The van der Waals surface area contributed by atoms with Gasteiger partial charge in [0.1, 0.15) is 17.3 Å². The Morgan fingerprint density at radius 1 is 0.600 bits per heavy atom. The minimum atomic E-state index is -0.0324. The third kappa shape index (κ3) is 34.0. The predicted octanol–water partition coefficient (Wildman–Crippen LogP) is 14.5. The van der Waals surface area contributed by atoms with Gasteiger partial charge in [0.25, 0.3) is 0 Å². The minimum Gasteiger partial charge on any atom is -0.497 e. The van der Waals surface area contributed by atoms with Gasteiger partial charge in [-0.2, -0.15) is 0 Å². The molecule has 10 heteroatoms. The lowest BCUT2D eigenvalue weighted by Crippen LogP contribution is -2.13. The van der Waals surface area contributed by atoms with Gasteiger partial charge in [0.2, 0.25) is 0 Å². The summed E-state index contributed by atoms with van der Waals surface area (Å²) in [5, 5.41) is 1.90. The van der Waals surface area contributed by atoms with Crippen molar-refractivity contribution < 1.29 is 42.7 Å². The standard InChI is InChI=1S/C9H10O2.C9H10O.C8H14O.C8H8O.C6H6O2.C6H6OS.C6H12.C3H6O/c1-7(10)8-3-5-9(11-2)6-4-8;1-7-3-5-9(6-4-7)8(2)10;2*1-7(9)8-5-3-2-4-6-8;2*1-5(7)6-3-2-4-8-6;1-4-5-6(2)3;1-3(2)4/h3-6H,1-2H3;3-6H,1-2H3;8H,2-6H2,1H3;2-6H,1H3;2*2-4H,1H3;2,4-5H2,1,3H3;1-2H3. The zero-order chi connectivity index (χ0) is 49.7. The van der Waals surface area contributed by atoms with Crippen molar-refractivity contribution in [3.05, 3.63) is 160 Å². The first kappa shape index (κ1) is 61.0. The van der Waals surface area contributed by atoms with Gasteiger partial charge < -0.3 is 13.9 Å². The first-order chi connectivity index (χ1) is 30.7. The summed E-state index contributed by atoms with van der Waals surface area (Å²) in [5.74, 6) is 2.62. The summed E-state index contributed by atoms with van der Waals surface area (Å²) in [6.45, 7) is 22.5. The average molecular weight is 909 g/mol. The number of furan rings is 1. The Morgan fingerprint density at radius 3 is 1.34 bits per heavy atom. The van der Waals surface area contributed by atoms with Crippen LogP contribution in [-0.4, -0.2) is 47.6 Å². The molecule has 0 atom stereocenters. The smallest absolute Gasteiger partial charge is 0.194 e. The lowest BCUT2D eigenvalue weighted by Gasteiger charge is -2.17. The Labute approximate surface area is 392 Å². The minimum absolute atomic E-state index is 0.0324. The second-order valence-corrected chi connectivity index (χ2v) is 16.2. The summed E-state index contributed by atoms with van der Waals surface area (Å²) in [4.78, 5) is 74.2. The van der Waals surface area contributed by atoms with E-state index in [4.69, 9.17) is 9.15 Å². The number of hydrogen-bond donors (Lipinski definition) is 0. The van der Waals surface area contributed by atoms with Crippen LogP contribution < -0.4 is 4.74 Å². The summed E-state index contributed by atoms with van der Waals surface area (Å²) in [5.41, 5.74) is 4.75. The van der Waals surface area contributed by atoms with Gasteiger partial charge >= 0.3 is 0 Å². The quantitative estimate of drug-likeness (QED) is 0.104. The van der Waals surface area contributed by atoms with E-state index in [1.165, 1.54) is 81.6 Å². The van der Waals surface area contributed by atoms with Crippen LogP contribution in [0.25, 0.3) is 0 Å². The molecule has 0 amide bonds. The van der Waals surface area contributed by atoms with Crippen LogP contribution in [0.5, 0.6) is 5.75 Å². The molecule has 2 heterocycles. The van der Waals surface area contributed by atoms with Crippen LogP contribution in [0.15, 0.2) is 131 Å². The van der Waals surface area contributed by atoms with Crippen LogP contribution in [0.3, 0.4) is 0 Å². The number of aryl methyl sites for hydroxylation is 1. The van der Waals surface area contributed by atoms with Gasteiger partial charge in [0.05, 0.1) is 18.3 Å². The molecule has 2 aromatic heterocycles. The Hall–Kier alpha value is -6.13. The maximum Gasteiger partial charge on any atom is 0.194 e. The molecule has 0 aliphatic heterocycles. The topological polar surface area (TPSA) is 142 Å². The van der Waals surface area contributed by atoms with Gasteiger partial charge in [-0.25, -0.2) is 0 Å². The van der Waals surface area contributed by atoms with E-state index in [0.29, 0.717) is 23.0 Å². The number of ether oxygens (including phenoxy) is 1. The van der Waals surface area contributed by atoms with Gasteiger partial charge in [0.15, 0.2) is 34.7 Å². The molecule has 3 aromatic carbocycles. The number of allylic oxidation sites excluding steroid dienone is 1. The van der Waals surface area contributed by atoms with Crippen LogP contribution in [0.4, 0.5) is 0 Å². The highest BCUT2D eigenvalue weighted by molar-refractivity contribution is 7.12. The fraction of sp³-hybridized carbons (Fsp3) is 0.364. The van der Waals surface area contributed by atoms with E-state index < -0.39 is 0 Å². The summed E-state index contributed by atoms with van der Waals surface area (Å²) >= 11 is 1.48. The van der Waals surface area contributed by atoms with Crippen LogP contribution in [0.2, 0.25) is 0 Å². The number of Topliss-reactive ketones (excluding diaryl/α,β-unsaturated/α-hetero) is 7. The third-order valence-corrected chi connectivity index (χ3v) is 9.70. The lowest BCUT2D eigenvalue weighted by molar-refractivity contribution is -0.121. The molecule has 0 bridgehead atoms. The second kappa shape index (κ2) is 37.3. The molecule has 1 aliphatic carbocycles. The SMILES string of the molecule is C=C(C)CCC.CC(=O)C1CCCCC1.CC(=O)c1ccc(C)cc1.CC(=O)c1ccccc1.CC(=O)c1ccco1.CC(=O)c1cccs1.CC(C)=O.COc1ccc(C(C)=O)cc1. The van der Waals surface area contributed by atoms with Crippen molar-refractivity contribution in [3.63, 3.8) is 0 Å². The number of carbonyl (C=O) groups is 7. The largest absolute Gasteiger partial charge is 0.497 e. The van der Waals surface area contributed by atoms with Crippen molar-refractivity contribution in [1.82, 2.24) is 0 Å². The fourth-order valence-corrected chi connectivity index (χ4v) is 5.81. The Balaban J connectivity index is 0. The number of ketones is 7. The Morgan fingerprint density at radius 2 is 1.08 bits per heavy atom. The maximum atomic E-state index is 10.8. The van der Waals surface area contributed by atoms with Gasteiger partial charge in [0, 0.05) is 29.5 Å². The fourth-order valence-electron chi connectivity index (χ4n) is 5.18. The molecule has 65 heavy (non-hydrogen) atoms. The highest BCUT2D eigenvalue weighted by atomic mass is 32.1. The number of rotatable bonds is 9. The molecule has 1 saturated carbocycles. The van der Waals surface area contributed by atoms with E-state index in [1.54, 1.807) is 78.1 Å². The van der Waals surface area contributed by atoms with E-state index in [1.807, 2.05) is 79.0 Å². The highest BCUT2D eigenvalue weighted by Crippen LogP contribution is 2.23. The van der Waals surface area contributed by atoms with Gasteiger partial charge in [-0.15, -0.1) is 17.9 Å². The van der Waals surface area contributed by atoms with E-state index >= 15 is 0 Å². The second-order valence-electron chi connectivity index (χ2n) is 15.3. The number of benzene rings is 3. The summed E-state index contributed by atoms with van der Waals surface area (Å²) in [6.07, 6.45) is 10.1. The third-order valence-electron chi connectivity index (χ3n) is 8.73. The average Bonchev–Trinajstić information content (AvgIpc) is 4.03. The number of hydrogen-bond acceptors (Lipinski definition) is 10. The molecule has 0 radical (unpaired) electrons. The number of carbonyl (C=O) groups excluding carboxylic acids is 7. The van der Waals surface area contributed by atoms with Crippen LogP contribution in [0, 0.1) is 12.8 Å². The number of methoxy groups -OCH3 is 1. The molecule has 5 aromatic rings. The summed E-state index contributed by atoms with van der Waals surface area (Å²) < 4.78 is 9.68. The maximum absolute atomic E-state index is 10.8. The predicted molar refractivity (Wildman–Crippen MR) is 267 cm³/mol. The molecule has 6 rings (SSSR count). The normalized spacial score (nSPS) is 10.7. The molecule has 1 fully saturated rings. The molecular formula is C55H72O9S. The van der Waals surface area contributed by atoms with Crippen LogP contribution >= 0.6 is 11.3 Å². The van der Waals surface area contributed by atoms with E-state index in [2.05, 4.69) is 20.4 Å². The zero-order valence-corrected chi connectivity index (χ0v) is 41.6. The van der Waals surface area contributed by atoms with Gasteiger partial charge in [-0.1, -0.05) is 104 Å². The highest BCUT2D eigenvalue weighted by Gasteiger charge is 2.16. The number of thiophene rings is 1. The monoisotopic (exact) mass is 908 g/mol. The molecule has 0 unspecified atom stereocenters. The molecule has 1 aliphatic rings. The van der Waals surface area contributed by atoms with Crippen molar-refractivity contribution in [2.45, 2.75) is 121 Å². The van der Waals surface area contributed by atoms with Crippen molar-refractivity contribution in [3.8, 4) is 5.75 Å². The van der Waals surface area contributed by atoms with E-state index in [9.17, 15) is 33.6 Å². The lowest BCUT2D eigenvalue weighted by atomic mass is 9.87. The van der Waals surface area contributed by atoms with Crippen molar-refractivity contribution in [2.24, 2.45) is 5.92 Å². The van der Waals surface area contributed by atoms with Gasteiger partial charge in [-0.05, 0) is 129 Å². The Kier molecular flexibility index (Phi) is 34.9. The molecule has 0 spiro atoms. The molecule has 0 saturated heterocycles. The zero-order valence-electron chi connectivity index (χ0n) is 40.8. The Bertz CT molecular complexity index is 2040. The first-order valence-corrected chi connectivity index (χ1v) is 22.5. The van der Waals surface area contributed by atoms with E-state index in [0.717, 1.165) is 34.6 Å². The first-order valence-electron chi connectivity index (χ1n) is 21.7. The summed E-state index contributed by atoms with van der Waals surface area (Å²) in [6, 6.07) is 30.9. The van der Waals surface area contributed by atoms with E-state index in [-0.39, 0.29) is 34.7 Å². The van der Waals surface area contributed by atoms with Crippen molar-refractivity contribution in [1.29, 1.82) is 0 Å². The van der Waals surface area contributed by atoms with Crippen LogP contribution in [-0.2, 0) is 9.59 Å². The molecule has 352 valence electrons.